The quantitative estimate of drug-likeness (QED) is 0.903. The van der Waals surface area contributed by atoms with Crippen LogP contribution in [0.5, 0.6) is 0 Å². The number of aryl methyl sites for hydroxylation is 1. The molecule has 5 nitrogen and oxygen atoms in total. The average molecular weight is 326 g/mol. The van der Waals surface area contributed by atoms with Gasteiger partial charge in [-0.2, -0.15) is 4.31 Å². The number of nitrogens with zero attached hydrogens (tertiary/aromatic N) is 1. The number of halogens is 1. The Morgan fingerprint density at radius 1 is 1.53 bits per heavy atom. The van der Waals surface area contributed by atoms with Crippen LogP contribution in [0.4, 0.5) is 0 Å². The first kappa shape index (κ1) is 16.4. The molecular weight excluding hydrogens is 310 g/mol. The molecule has 0 unspecified atom stereocenters. The number of sulfonamides is 1. The molecular formula is C11H16ClNO4S2. The van der Waals surface area contributed by atoms with E-state index in [0.717, 1.165) is 15.6 Å². The van der Waals surface area contributed by atoms with Gasteiger partial charge in [-0.1, -0.05) is 18.5 Å². The van der Waals surface area contributed by atoms with E-state index in [0.29, 0.717) is 9.90 Å². The Labute approximate surface area is 121 Å². The van der Waals surface area contributed by atoms with Gasteiger partial charge in [0.25, 0.3) is 10.0 Å². The zero-order valence-electron chi connectivity index (χ0n) is 11.1. The number of rotatable bonds is 5. The minimum Gasteiger partial charge on any atom is -0.480 e. The molecule has 0 atom stereocenters. The highest BCUT2D eigenvalue weighted by atomic mass is 35.5. The molecule has 0 fully saturated rings. The van der Waals surface area contributed by atoms with Crippen LogP contribution in [0.1, 0.15) is 26.3 Å². The van der Waals surface area contributed by atoms with Crippen LogP contribution in [-0.4, -0.2) is 35.9 Å². The van der Waals surface area contributed by atoms with Gasteiger partial charge < -0.3 is 5.11 Å². The molecule has 0 saturated heterocycles. The fourth-order valence-corrected chi connectivity index (χ4v) is 5.22. The number of hydrogen-bond donors (Lipinski definition) is 1. The minimum absolute atomic E-state index is 0.0613. The highest BCUT2D eigenvalue weighted by Gasteiger charge is 2.42. The van der Waals surface area contributed by atoms with Gasteiger partial charge in [-0.15, -0.1) is 11.3 Å². The maximum Gasteiger partial charge on any atom is 0.324 e. The van der Waals surface area contributed by atoms with E-state index >= 15 is 0 Å². The summed E-state index contributed by atoms with van der Waals surface area (Å²) in [4.78, 5) is 11.2. The van der Waals surface area contributed by atoms with E-state index in [-0.39, 0.29) is 10.8 Å². The van der Waals surface area contributed by atoms with Crippen LogP contribution in [0.2, 0.25) is 4.34 Å². The number of likely N-dealkylation sites (N-methyl/N-ethyl adjacent to an activating group) is 1. The van der Waals surface area contributed by atoms with Gasteiger partial charge in [0, 0.05) is 6.54 Å². The van der Waals surface area contributed by atoms with Crippen LogP contribution < -0.4 is 0 Å². The van der Waals surface area contributed by atoms with Gasteiger partial charge in [0.15, 0.2) is 0 Å². The second-order valence-corrected chi connectivity index (χ2v) is 8.30. The lowest BCUT2D eigenvalue weighted by Crippen LogP contribution is -2.52. The van der Waals surface area contributed by atoms with Crippen molar-refractivity contribution in [3.8, 4) is 0 Å². The van der Waals surface area contributed by atoms with Crippen LogP contribution in [0, 0.1) is 6.92 Å². The first-order valence-electron chi connectivity index (χ1n) is 5.57. The van der Waals surface area contributed by atoms with Crippen molar-refractivity contribution < 1.29 is 18.3 Å². The molecule has 0 radical (unpaired) electrons. The Kier molecular flexibility index (Phi) is 4.66. The van der Waals surface area contributed by atoms with Crippen molar-refractivity contribution in [2.24, 2.45) is 0 Å². The van der Waals surface area contributed by atoms with E-state index < -0.39 is 21.5 Å². The fraction of sp³-hybridized carbons (Fsp3) is 0.545. The molecule has 0 aliphatic heterocycles. The Morgan fingerprint density at radius 3 is 2.37 bits per heavy atom. The Balaban J connectivity index is 3.35. The van der Waals surface area contributed by atoms with Gasteiger partial charge in [-0.25, -0.2) is 8.42 Å². The van der Waals surface area contributed by atoms with Crippen molar-refractivity contribution in [3.63, 3.8) is 0 Å². The maximum atomic E-state index is 12.5. The molecule has 108 valence electrons. The molecule has 0 amide bonds. The largest absolute Gasteiger partial charge is 0.480 e. The summed E-state index contributed by atoms with van der Waals surface area (Å²) in [5.74, 6) is -1.20. The van der Waals surface area contributed by atoms with Gasteiger partial charge in [-0.05, 0) is 32.4 Å². The molecule has 1 N–H and O–H groups in total. The van der Waals surface area contributed by atoms with E-state index in [1.807, 2.05) is 0 Å². The van der Waals surface area contributed by atoms with E-state index in [9.17, 15) is 18.3 Å². The second-order valence-electron chi connectivity index (χ2n) is 4.56. The van der Waals surface area contributed by atoms with Crippen LogP contribution in [0.25, 0.3) is 0 Å². The number of aliphatic carboxylic acids is 1. The van der Waals surface area contributed by atoms with Gasteiger partial charge in [0.05, 0.1) is 4.34 Å². The van der Waals surface area contributed by atoms with Crippen molar-refractivity contribution in [2.45, 2.75) is 37.4 Å². The van der Waals surface area contributed by atoms with Crippen LogP contribution >= 0.6 is 22.9 Å². The second kappa shape index (κ2) is 5.40. The molecule has 1 aromatic rings. The van der Waals surface area contributed by atoms with Crippen molar-refractivity contribution >= 4 is 38.9 Å². The lowest BCUT2D eigenvalue weighted by molar-refractivity contribution is -0.146. The molecule has 8 heteroatoms. The normalized spacial score (nSPS) is 12.9. The Hall–Kier alpha value is -0.630. The Morgan fingerprint density at radius 2 is 2.05 bits per heavy atom. The molecule has 19 heavy (non-hydrogen) atoms. The summed E-state index contributed by atoms with van der Waals surface area (Å²) < 4.78 is 26.4. The first-order valence-corrected chi connectivity index (χ1v) is 8.20. The smallest absolute Gasteiger partial charge is 0.324 e. The molecule has 0 bridgehead atoms. The highest BCUT2D eigenvalue weighted by Crippen LogP contribution is 2.34. The lowest BCUT2D eigenvalue weighted by Gasteiger charge is -2.32. The van der Waals surface area contributed by atoms with Crippen molar-refractivity contribution in [3.05, 3.63) is 16.0 Å². The molecule has 0 aliphatic carbocycles. The average Bonchev–Trinajstić information content (AvgIpc) is 2.59. The van der Waals surface area contributed by atoms with Crippen LogP contribution in [0.3, 0.4) is 0 Å². The number of hydrogen-bond acceptors (Lipinski definition) is 4. The maximum absolute atomic E-state index is 12.5. The number of carboxylic acid groups (broad SMARTS) is 1. The number of thiophene rings is 1. The third-order valence-corrected chi connectivity index (χ3v) is 6.97. The van der Waals surface area contributed by atoms with Crippen molar-refractivity contribution in [1.29, 1.82) is 0 Å². The standard InChI is InChI=1S/C11H16ClNO4S2/c1-5-13(11(3,4)10(14)15)19(16,17)8-6-7(2)9(12)18-8/h6H,5H2,1-4H3,(H,14,15). The third kappa shape index (κ3) is 2.94. The zero-order chi connectivity index (χ0) is 15.0. The summed E-state index contributed by atoms with van der Waals surface area (Å²) >= 11 is 6.82. The number of carbonyl (C=O) groups is 1. The van der Waals surface area contributed by atoms with Crippen LogP contribution in [-0.2, 0) is 14.8 Å². The first-order chi connectivity index (χ1) is 8.55. The molecule has 1 heterocycles. The fourth-order valence-electron chi connectivity index (χ4n) is 1.64. The zero-order valence-corrected chi connectivity index (χ0v) is 13.5. The van der Waals surface area contributed by atoms with Gasteiger partial charge in [0.2, 0.25) is 0 Å². The highest BCUT2D eigenvalue weighted by molar-refractivity contribution is 7.91. The predicted molar refractivity (Wildman–Crippen MR) is 75.3 cm³/mol. The van der Waals surface area contributed by atoms with E-state index in [2.05, 4.69) is 0 Å². The van der Waals surface area contributed by atoms with Crippen molar-refractivity contribution in [1.82, 2.24) is 4.31 Å². The lowest BCUT2D eigenvalue weighted by atomic mass is 10.1. The van der Waals surface area contributed by atoms with Gasteiger partial charge >= 0.3 is 5.97 Å². The monoisotopic (exact) mass is 325 g/mol. The summed E-state index contributed by atoms with van der Waals surface area (Å²) in [7, 11) is -3.87. The van der Waals surface area contributed by atoms with E-state index in [1.165, 1.54) is 19.9 Å². The molecule has 1 aromatic heterocycles. The van der Waals surface area contributed by atoms with Crippen molar-refractivity contribution in [2.75, 3.05) is 6.54 Å². The van der Waals surface area contributed by atoms with E-state index in [4.69, 9.17) is 11.6 Å². The van der Waals surface area contributed by atoms with Gasteiger partial charge in [0.1, 0.15) is 9.75 Å². The third-order valence-electron chi connectivity index (χ3n) is 2.81. The summed E-state index contributed by atoms with van der Waals surface area (Å²) in [6.07, 6.45) is 0. The SMILES string of the molecule is CCN(C(C)(C)C(=O)O)S(=O)(=O)c1cc(C)c(Cl)s1. The summed E-state index contributed by atoms with van der Waals surface area (Å²) in [5.41, 5.74) is -0.854. The molecule has 1 rings (SSSR count). The molecule has 0 spiro atoms. The summed E-state index contributed by atoms with van der Waals surface area (Å²) in [6.45, 7) is 6.09. The Bertz CT molecular complexity index is 572. The van der Waals surface area contributed by atoms with Crippen LogP contribution in [0.15, 0.2) is 10.3 Å². The molecule has 0 aliphatic rings. The minimum atomic E-state index is -3.87. The van der Waals surface area contributed by atoms with E-state index in [1.54, 1.807) is 13.8 Å². The number of carboxylic acids is 1. The predicted octanol–water partition coefficient (Wildman–Crippen LogP) is 2.58. The summed E-state index contributed by atoms with van der Waals surface area (Å²) in [5, 5.41) is 9.18. The molecule has 0 aromatic carbocycles. The van der Waals surface area contributed by atoms with Gasteiger partial charge in [-0.3, -0.25) is 4.79 Å². The summed E-state index contributed by atoms with van der Waals surface area (Å²) in [6, 6.07) is 1.46. The molecule has 0 saturated carbocycles. The topological polar surface area (TPSA) is 74.7 Å².